The van der Waals surface area contributed by atoms with Gasteiger partial charge in [-0.1, -0.05) is 0 Å². The Bertz CT molecular complexity index is 375. The topological polar surface area (TPSA) is 55.7 Å². The Morgan fingerprint density at radius 1 is 1.24 bits per heavy atom. The van der Waals surface area contributed by atoms with E-state index < -0.39 is 12.9 Å². The number of benzene rings is 1. The van der Waals surface area contributed by atoms with Gasteiger partial charge in [-0.2, -0.15) is 0 Å². The zero-order valence-electron chi connectivity index (χ0n) is 9.27. The summed E-state index contributed by atoms with van der Waals surface area (Å²) in [7, 11) is -1.76. The average molecular weight is 261 g/mol. The minimum Gasteiger partial charge on any atom is -0.423 e. The second-order valence-corrected chi connectivity index (χ2v) is 3.82. The van der Waals surface area contributed by atoms with Crippen LogP contribution in [0.3, 0.4) is 0 Å². The predicted molar refractivity (Wildman–Crippen MR) is 68.6 cm³/mol. The van der Waals surface area contributed by atoms with Gasteiger partial charge >= 0.3 is 7.12 Å². The lowest BCUT2D eigenvalue weighted by molar-refractivity contribution is 0.423. The SMILES string of the molecule is Cl.OB(O)c1cc(N2CCNCC2)ccc1F. The number of hydrogen-bond acceptors (Lipinski definition) is 4. The molecule has 4 nitrogen and oxygen atoms in total. The van der Waals surface area contributed by atoms with E-state index in [-0.39, 0.29) is 17.9 Å². The molecule has 0 atom stereocenters. The Morgan fingerprint density at radius 3 is 2.47 bits per heavy atom. The van der Waals surface area contributed by atoms with E-state index >= 15 is 0 Å². The summed E-state index contributed by atoms with van der Waals surface area (Å²) in [6, 6.07) is 4.42. The molecule has 0 spiro atoms. The summed E-state index contributed by atoms with van der Waals surface area (Å²) >= 11 is 0. The summed E-state index contributed by atoms with van der Waals surface area (Å²) in [5.74, 6) is -0.589. The molecule has 1 aliphatic heterocycles. The molecule has 0 radical (unpaired) electrons. The van der Waals surface area contributed by atoms with Gasteiger partial charge in [-0.15, -0.1) is 12.4 Å². The number of nitrogens with one attached hydrogen (secondary N) is 1. The van der Waals surface area contributed by atoms with Crippen LogP contribution in [0.5, 0.6) is 0 Å². The van der Waals surface area contributed by atoms with Gasteiger partial charge in [-0.25, -0.2) is 4.39 Å². The average Bonchev–Trinajstić information content (AvgIpc) is 2.30. The number of anilines is 1. The molecule has 17 heavy (non-hydrogen) atoms. The van der Waals surface area contributed by atoms with Crippen molar-refractivity contribution in [3.63, 3.8) is 0 Å². The van der Waals surface area contributed by atoms with Crippen LogP contribution in [-0.4, -0.2) is 43.3 Å². The van der Waals surface area contributed by atoms with Gasteiger partial charge in [0.2, 0.25) is 0 Å². The maximum absolute atomic E-state index is 13.2. The first kappa shape index (κ1) is 14.2. The van der Waals surface area contributed by atoms with Crippen LogP contribution in [0.1, 0.15) is 0 Å². The van der Waals surface area contributed by atoms with E-state index in [1.54, 1.807) is 6.07 Å². The molecular weight excluding hydrogens is 245 g/mol. The number of halogens is 2. The van der Waals surface area contributed by atoms with E-state index in [0.717, 1.165) is 31.9 Å². The van der Waals surface area contributed by atoms with E-state index in [1.807, 2.05) is 0 Å². The number of rotatable bonds is 2. The first-order chi connectivity index (χ1) is 7.68. The van der Waals surface area contributed by atoms with Crippen molar-refractivity contribution >= 4 is 30.7 Å². The minimum absolute atomic E-state index is 0. The Kier molecular flexibility index (Phi) is 5.20. The lowest BCUT2D eigenvalue weighted by Gasteiger charge is -2.29. The molecule has 0 bridgehead atoms. The molecule has 94 valence electrons. The van der Waals surface area contributed by atoms with Crippen molar-refractivity contribution in [2.75, 3.05) is 31.1 Å². The fraction of sp³-hybridized carbons (Fsp3) is 0.400. The number of hydrogen-bond donors (Lipinski definition) is 3. The first-order valence-electron chi connectivity index (χ1n) is 5.30. The molecule has 1 aromatic rings. The summed E-state index contributed by atoms with van der Waals surface area (Å²) in [4.78, 5) is 2.09. The molecule has 3 N–H and O–H groups in total. The molecule has 0 unspecified atom stereocenters. The molecule has 7 heteroatoms. The highest BCUT2D eigenvalue weighted by Gasteiger charge is 2.19. The van der Waals surface area contributed by atoms with Crippen molar-refractivity contribution < 1.29 is 14.4 Å². The van der Waals surface area contributed by atoms with E-state index in [4.69, 9.17) is 10.0 Å². The highest BCUT2D eigenvalue weighted by molar-refractivity contribution is 6.58. The van der Waals surface area contributed by atoms with Crippen molar-refractivity contribution in [1.82, 2.24) is 5.32 Å². The lowest BCUT2D eigenvalue weighted by atomic mass is 9.79. The second-order valence-electron chi connectivity index (χ2n) is 3.82. The van der Waals surface area contributed by atoms with Crippen molar-refractivity contribution in [2.24, 2.45) is 0 Å². The highest BCUT2D eigenvalue weighted by Crippen LogP contribution is 2.14. The summed E-state index contributed by atoms with van der Waals surface area (Å²) in [5, 5.41) is 21.2. The van der Waals surface area contributed by atoms with Crippen molar-refractivity contribution in [1.29, 1.82) is 0 Å². The van der Waals surface area contributed by atoms with Gasteiger partial charge in [0.15, 0.2) is 0 Å². The number of piperazine rings is 1. The van der Waals surface area contributed by atoms with Gasteiger partial charge in [0.25, 0.3) is 0 Å². The van der Waals surface area contributed by atoms with Crippen LogP contribution in [0.15, 0.2) is 18.2 Å². The molecule has 1 fully saturated rings. The molecule has 0 aliphatic carbocycles. The summed E-state index contributed by atoms with van der Waals surface area (Å²) in [6.45, 7) is 3.45. The molecule has 0 saturated carbocycles. The van der Waals surface area contributed by atoms with Crippen LogP contribution in [0.4, 0.5) is 10.1 Å². The maximum atomic E-state index is 13.2. The zero-order chi connectivity index (χ0) is 11.5. The molecule has 1 heterocycles. The molecule has 0 aromatic heterocycles. The lowest BCUT2D eigenvalue weighted by Crippen LogP contribution is -2.44. The van der Waals surface area contributed by atoms with Gasteiger partial charge < -0.3 is 20.3 Å². The fourth-order valence-electron chi connectivity index (χ4n) is 1.85. The van der Waals surface area contributed by atoms with Gasteiger partial charge in [0.05, 0.1) is 0 Å². The maximum Gasteiger partial charge on any atom is 0.491 e. The highest BCUT2D eigenvalue weighted by atomic mass is 35.5. The van der Waals surface area contributed by atoms with Crippen LogP contribution in [-0.2, 0) is 0 Å². The summed E-state index contributed by atoms with van der Waals surface area (Å²) < 4.78 is 13.2. The molecule has 1 aromatic carbocycles. The first-order valence-corrected chi connectivity index (χ1v) is 5.30. The Morgan fingerprint density at radius 2 is 1.88 bits per heavy atom. The van der Waals surface area contributed by atoms with Gasteiger partial charge in [-0.3, -0.25) is 0 Å². The largest absolute Gasteiger partial charge is 0.491 e. The Hall–Kier alpha value is -0.815. The van der Waals surface area contributed by atoms with Crippen LogP contribution >= 0.6 is 12.4 Å². The van der Waals surface area contributed by atoms with Gasteiger partial charge in [0, 0.05) is 37.3 Å². The molecular formula is C10H15BClFN2O2. The van der Waals surface area contributed by atoms with E-state index in [9.17, 15) is 4.39 Å². The van der Waals surface area contributed by atoms with E-state index in [2.05, 4.69) is 10.2 Å². The van der Waals surface area contributed by atoms with Crippen molar-refractivity contribution in [3.05, 3.63) is 24.0 Å². The quantitative estimate of drug-likeness (QED) is 0.618. The van der Waals surface area contributed by atoms with Gasteiger partial charge in [-0.05, 0) is 18.2 Å². The third-order valence-corrected chi connectivity index (χ3v) is 2.74. The standard InChI is InChI=1S/C10H14BFN2O2.ClH/c12-10-2-1-8(7-9(10)11(15)16)14-5-3-13-4-6-14;/h1-2,7,13,15-16H,3-6H2;1H. The van der Waals surface area contributed by atoms with Crippen LogP contribution < -0.4 is 15.7 Å². The van der Waals surface area contributed by atoms with Gasteiger partial charge in [0.1, 0.15) is 5.82 Å². The van der Waals surface area contributed by atoms with Crippen molar-refractivity contribution in [3.8, 4) is 0 Å². The third-order valence-electron chi connectivity index (χ3n) is 2.74. The van der Waals surface area contributed by atoms with Crippen molar-refractivity contribution in [2.45, 2.75) is 0 Å². The van der Waals surface area contributed by atoms with E-state index in [1.165, 1.54) is 12.1 Å². The molecule has 2 rings (SSSR count). The second kappa shape index (κ2) is 6.21. The molecule has 1 aliphatic rings. The molecule has 1 saturated heterocycles. The van der Waals surface area contributed by atoms with Crippen LogP contribution in [0.2, 0.25) is 0 Å². The zero-order valence-corrected chi connectivity index (χ0v) is 10.1. The predicted octanol–water partition coefficient (Wildman–Crippen LogP) is -0.663. The summed E-state index contributed by atoms with van der Waals surface area (Å²) in [6.07, 6.45) is 0. The monoisotopic (exact) mass is 260 g/mol. The van der Waals surface area contributed by atoms with E-state index in [0.29, 0.717) is 0 Å². The Labute approximate surface area is 106 Å². The fourth-order valence-corrected chi connectivity index (χ4v) is 1.85. The molecule has 0 amide bonds. The minimum atomic E-state index is -1.76. The smallest absolute Gasteiger partial charge is 0.423 e. The summed E-state index contributed by atoms with van der Waals surface area (Å²) in [5.41, 5.74) is 0.752. The van der Waals surface area contributed by atoms with Crippen LogP contribution in [0, 0.1) is 5.82 Å². The normalized spacial score (nSPS) is 15.4. The third kappa shape index (κ3) is 3.32. The number of nitrogens with zero attached hydrogens (tertiary/aromatic N) is 1. The Balaban J connectivity index is 0.00000144. The van der Waals surface area contributed by atoms with Crippen LogP contribution in [0.25, 0.3) is 0 Å².